The van der Waals surface area contributed by atoms with Crippen molar-refractivity contribution in [1.29, 1.82) is 5.41 Å². The Morgan fingerprint density at radius 1 is 1.44 bits per heavy atom. The molecule has 1 saturated heterocycles. The summed E-state index contributed by atoms with van der Waals surface area (Å²) in [6.45, 7) is 2.97. The summed E-state index contributed by atoms with van der Waals surface area (Å²) in [7, 11) is 3.80. The Hall–Kier alpha value is -2.61. The van der Waals surface area contributed by atoms with Crippen LogP contribution in [0.2, 0.25) is 0 Å². The highest BCUT2D eigenvalue weighted by Crippen LogP contribution is 2.38. The summed E-state index contributed by atoms with van der Waals surface area (Å²) in [5.74, 6) is 0.321. The lowest BCUT2D eigenvalue weighted by atomic mass is 9.96. The number of quaternary nitrogens is 1. The summed E-state index contributed by atoms with van der Waals surface area (Å²) in [6, 6.07) is -0.598. The molecule has 0 bridgehead atoms. The highest BCUT2D eigenvalue weighted by molar-refractivity contribution is 6.05. The number of aromatic amines is 1. The molecule has 2 aliphatic rings. The number of aromatic nitrogens is 3. The van der Waals surface area contributed by atoms with Gasteiger partial charge in [-0.3, -0.25) is 9.28 Å². The van der Waals surface area contributed by atoms with Gasteiger partial charge in [-0.25, -0.2) is 19.3 Å². The van der Waals surface area contributed by atoms with Crippen LogP contribution >= 0.6 is 0 Å². The van der Waals surface area contributed by atoms with Gasteiger partial charge in [0, 0.05) is 12.1 Å². The fourth-order valence-electron chi connectivity index (χ4n) is 4.03. The third kappa shape index (κ3) is 3.03. The molecule has 1 saturated carbocycles. The van der Waals surface area contributed by atoms with Gasteiger partial charge in [-0.2, -0.15) is 0 Å². The molecule has 2 fully saturated rings. The molecule has 0 radical (unpaired) electrons. The van der Waals surface area contributed by atoms with Crippen LogP contribution in [0.5, 0.6) is 0 Å². The molecule has 8 heteroatoms. The van der Waals surface area contributed by atoms with Crippen molar-refractivity contribution in [1.82, 2.24) is 15.3 Å². The normalized spacial score (nSPS) is 25.7. The maximum absolute atomic E-state index is 12.8. The van der Waals surface area contributed by atoms with Crippen molar-refractivity contribution in [3.8, 4) is 0 Å². The molecule has 2 amide bonds. The molecule has 8 nitrogen and oxygen atoms in total. The Bertz CT molecular complexity index is 939. The van der Waals surface area contributed by atoms with Crippen LogP contribution in [-0.4, -0.2) is 58.7 Å². The lowest BCUT2D eigenvalue weighted by molar-refractivity contribution is -0.881. The van der Waals surface area contributed by atoms with E-state index in [2.05, 4.69) is 10.3 Å². The summed E-state index contributed by atoms with van der Waals surface area (Å²) in [6.07, 6.45) is 7.35. The van der Waals surface area contributed by atoms with E-state index in [1.165, 1.54) is 6.21 Å². The first-order valence-corrected chi connectivity index (χ1v) is 9.40. The highest BCUT2D eigenvalue weighted by Gasteiger charge is 2.47. The van der Waals surface area contributed by atoms with Crippen molar-refractivity contribution < 1.29 is 18.6 Å². The molecule has 1 atom stereocenters. The zero-order valence-corrected chi connectivity index (χ0v) is 16.0. The number of aryl methyl sites for hydroxylation is 1. The quantitative estimate of drug-likeness (QED) is 0.409. The number of nitrogens with one attached hydrogen (secondary N) is 3. The fraction of sp³-hybridized carbons (Fsp3) is 0.526. The predicted octanol–water partition coefficient (Wildman–Crippen LogP) is 0.636. The van der Waals surface area contributed by atoms with E-state index in [4.69, 9.17) is 10.4 Å². The summed E-state index contributed by atoms with van der Waals surface area (Å²) in [5, 5.41) is 10.1. The number of hydrogen-bond acceptors (Lipinski definition) is 4. The minimum absolute atomic E-state index is 0.0292. The van der Waals surface area contributed by atoms with E-state index >= 15 is 0 Å². The molecule has 0 spiro atoms. The number of likely N-dealkylation sites (tertiary alicyclic amines) is 1. The first-order valence-electron chi connectivity index (χ1n) is 9.40. The Balaban J connectivity index is 1.53. The largest absolute Gasteiger partial charge is 0.337 e. The monoisotopic (exact) mass is 370 g/mol. The predicted molar refractivity (Wildman–Crippen MR) is 99.4 cm³/mol. The van der Waals surface area contributed by atoms with Gasteiger partial charge >= 0.3 is 11.6 Å². The van der Waals surface area contributed by atoms with Gasteiger partial charge in [-0.05, 0) is 19.8 Å². The Labute approximate surface area is 157 Å². The molecule has 2 aromatic rings. The van der Waals surface area contributed by atoms with Gasteiger partial charge in [-0.15, -0.1) is 0 Å². The van der Waals surface area contributed by atoms with E-state index in [-0.39, 0.29) is 22.2 Å². The van der Waals surface area contributed by atoms with E-state index < -0.39 is 6.04 Å². The van der Waals surface area contributed by atoms with Gasteiger partial charge in [0.15, 0.2) is 5.52 Å². The van der Waals surface area contributed by atoms with E-state index in [1.54, 1.807) is 13.1 Å². The number of carbonyl (C=O) groups excluding carboxylic acids is 2. The van der Waals surface area contributed by atoms with Crippen molar-refractivity contribution in [2.24, 2.45) is 13.0 Å². The van der Waals surface area contributed by atoms with Crippen LogP contribution in [0.25, 0.3) is 11.2 Å². The summed E-state index contributed by atoms with van der Waals surface area (Å²) in [5.41, 5.74) is 2.91. The molecular formula is C19H26N6O2+2. The Morgan fingerprint density at radius 3 is 2.78 bits per heavy atom. The van der Waals surface area contributed by atoms with E-state index in [0.29, 0.717) is 30.1 Å². The Morgan fingerprint density at radius 2 is 2.15 bits per heavy atom. The molecular weight excluding hydrogens is 344 g/mol. The minimum atomic E-state index is -0.598. The van der Waals surface area contributed by atoms with Crippen LogP contribution in [0.4, 0.5) is 0 Å². The van der Waals surface area contributed by atoms with Crippen LogP contribution < -0.4 is 9.88 Å². The van der Waals surface area contributed by atoms with Crippen LogP contribution in [0.15, 0.2) is 12.4 Å². The number of rotatable bonds is 5. The van der Waals surface area contributed by atoms with Gasteiger partial charge in [0.2, 0.25) is 0 Å². The number of hydrogen-bond donors (Lipinski definition) is 3. The molecule has 4 rings (SSSR count). The molecule has 142 valence electrons. The summed E-state index contributed by atoms with van der Waals surface area (Å²) < 4.78 is 2.22. The summed E-state index contributed by atoms with van der Waals surface area (Å²) >= 11 is 0. The zero-order valence-electron chi connectivity index (χ0n) is 16.0. The standard InChI is InChI=1S/C19H24N6O2/c1-11(19(27)25(3)9-12(6-20)10-25)22-18(26)14-7-21-17-16(14)23-15(8-24(17)2)13-4-5-13/h6-8,11-13,20H,4-5,9-10H2,1-3H3/p+2. The van der Waals surface area contributed by atoms with Crippen LogP contribution in [0, 0.1) is 11.3 Å². The molecule has 1 aliphatic carbocycles. The molecule has 3 heterocycles. The van der Waals surface area contributed by atoms with Crippen LogP contribution in [-0.2, 0) is 11.8 Å². The third-order valence-electron chi connectivity index (χ3n) is 5.75. The van der Waals surface area contributed by atoms with Gasteiger partial charge < -0.3 is 10.7 Å². The van der Waals surface area contributed by atoms with Crippen LogP contribution in [0.1, 0.15) is 41.7 Å². The average Bonchev–Trinajstić information content (AvgIpc) is 3.37. The second-order valence-corrected chi connectivity index (χ2v) is 8.17. The summed E-state index contributed by atoms with van der Waals surface area (Å²) in [4.78, 5) is 33.4. The average molecular weight is 370 g/mol. The first kappa shape index (κ1) is 17.8. The zero-order chi connectivity index (χ0) is 19.3. The lowest BCUT2D eigenvalue weighted by Crippen LogP contribution is -2.68. The third-order valence-corrected chi connectivity index (χ3v) is 5.75. The number of likely N-dealkylation sites (N-methyl/N-ethyl adjacent to an activating group) is 1. The van der Waals surface area contributed by atoms with Crippen LogP contribution in [0.3, 0.4) is 0 Å². The van der Waals surface area contributed by atoms with Gasteiger partial charge in [0.1, 0.15) is 24.0 Å². The smallest absolute Gasteiger partial charge is 0.335 e. The van der Waals surface area contributed by atoms with E-state index in [9.17, 15) is 9.59 Å². The van der Waals surface area contributed by atoms with Crippen molar-refractivity contribution in [3.63, 3.8) is 0 Å². The Kier molecular flexibility index (Phi) is 4.10. The maximum Gasteiger partial charge on any atom is 0.335 e. The molecule has 0 aromatic carbocycles. The molecule has 1 unspecified atom stereocenters. The second-order valence-electron chi connectivity index (χ2n) is 8.17. The number of nitrogens with zero attached hydrogens (tertiary/aromatic N) is 3. The topological polar surface area (TPSA) is 103 Å². The SMILES string of the molecule is CC(NC(=O)c1c[nH]c2c1nc(C1CC1)c[n+]2C)C(=O)[N+]1(C)CC(C=N)C1. The first-order chi connectivity index (χ1) is 12.8. The number of H-pyrrole nitrogens is 1. The second kappa shape index (κ2) is 6.23. The fourth-order valence-corrected chi connectivity index (χ4v) is 4.03. The molecule has 3 N–H and O–H groups in total. The molecule has 1 aliphatic heterocycles. The van der Waals surface area contributed by atoms with Gasteiger partial charge in [-0.1, -0.05) is 0 Å². The van der Waals surface area contributed by atoms with Gasteiger partial charge in [0.05, 0.1) is 38.8 Å². The van der Waals surface area contributed by atoms with Crippen molar-refractivity contribution in [2.75, 3.05) is 20.1 Å². The lowest BCUT2D eigenvalue weighted by Gasteiger charge is -2.44. The number of fused-ring (bicyclic) bond motifs is 1. The van der Waals surface area contributed by atoms with Crippen molar-refractivity contribution in [2.45, 2.75) is 31.7 Å². The number of amides is 2. The minimum Gasteiger partial charge on any atom is -0.337 e. The van der Waals surface area contributed by atoms with E-state index in [0.717, 1.165) is 24.2 Å². The maximum atomic E-state index is 12.8. The van der Waals surface area contributed by atoms with Crippen molar-refractivity contribution in [3.05, 3.63) is 23.7 Å². The highest BCUT2D eigenvalue weighted by atomic mass is 16.2. The van der Waals surface area contributed by atoms with Crippen molar-refractivity contribution >= 4 is 29.2 Å². The molecule has 2 aromatic heterocycles. The van der Waals surface area contributed by atoms with E-state index in [1.807, 2.05) is 24.9 Å². The van der Waals surface area contributed by atoms with Gasteiger partial charge in [0.25, 0.3) is 5.91 Å². The molecule has 27 heavy (non-hydrogen) atoms. The number of carbonyl (C=O) groups is 2.